The lowest BCUT2D eigenvalue weighted by atomic mass is 10.1. The Morgan fingerprint density at radius 1 is 1.15 bits per heavy atom. The number of hydrogen-bond acceptors (Lipinski definition) is 5. The number of carbonyl (C=O) groups is 2. The van der Waals surface area contributed by atoms with E-state index in [9.17, 15) is 9.59 Å². The summed E-state index contributed by atoms with van der Waals surface area (Å²) in [6.07, 6.45) is 0. The Hall–Kier alpha value is -2.41. The van der Waals surface area contributed by atoms with Crippen molar-refractivity contribution in [3.8, 4) is 11.3 Å². The van der Waals surface area contributed by atoms with Crippen molar-refractivity contribution in [3.05, 3.63) is 42.1 Å². The predicted molar refractivity (Wildman–Crippen MR) is 104 cm³/mol. The first-order chi connectivity index (χ1) is 12.5. The number of likely N-dealkylation sites (N-methyl/N-ethyl adjacent to an activating group) is 2. The van der Waals surface area contributed by atoms with Gasteiger partial charge in [-0.15, -0.1) is 0 Å². The van der Waals surface area contributed by atoms with E-state index in [1.807, 2.05) is 57.2 Å². The van der Waals surface area contributed by atoms with Crippen LogP contribution >= 0.6 is 11.8 Å². The van der Waals surface area contributed by atoms with E-state index >= 15 is 0 Å². The van der Waals surface area contributed by atoms with E-state index in [2.05, 4.69) is 15.3 Å². The van der Waals surface area contributed by atoms with Crippen LogP contribution in [-0.2, 0) is 9.59 Å². The van der Waals surface area contributed by atoms with Gasteiger partial charge in [0.25, 0.3) is 0 Å². The van der Waals surface area contributed by atoms with Crippen molar-refractivity contribution in [2.24, 2.45) is 0 Å². The van der Waals surface area contributed by atoms with Gasteiger partial charge in [-0.2, -0.15) is 0 Å². The van der Waals surface area contributed by atoms with Crippen LogP contribution in [0, 0.1) is 6.92 Å². The van der Waals surface area contributed by atoms with E-state index in [0.717, 1.165) is 17.0 Å². The highest BCUT2D eigenvalue weighted by atomic mass is 32.2. The van der Waals surface area contributed by atoms with Gasteiger partial charge in [-0.05, 0) is 26.8 Å². The lowest BCUT2D eigenvalue weighted by molar-refractivity contribution is -0.133. The molecule has 1 aromatic carbocycles. The molecule has 138 valence electrons. The molecule has 0 spiro atoms. The topological polar surface area (TPSA) is 75.2 Å². The fraction of sp³-hybridized carbons (Fsp3) is 0.368. The smallest absolute Gasteiger partial charge is 0.239 e. The summed E-state index contributed by atoms with van der Waals surface area (Å²) in [7, 11) is 0. The summed E-state index contributed by atoms with van der Waals surface area (Å²) in [5, 5.41) is 3.27. The molecular weight excluding hydrogens is 348 g/mol. The summed E-state index contributed by atoms with van der Waals surface area (Å²) in [5.41, 5.74) is 2.70. The molecule has 1 aromatic heterocycles. The van der Waals surface area contributed by atoms with Crippen molar-refractivity contribution in [1.29, 1.82) is 0 Å². The molecule has 2 aromatic rings. The molecule has 0 unspecified atom stereocenters. The van der Waals surface area contributed by atoms with Crippen LogP contribution in [0.5, 0.6) is 0 Å². The third kappa shape index (κ3) is 5.84. The molecule has 26 heavy (non-hydrogen) atoms. The molecule has 7 heteroatoms. The normalized spacial score (nSPS) is 10.4. The molecule has 1 N–H and O–H groups in total. The molecule has 6 nitrogen and oxygen atoms in total. The molecule has 0 saturated carbocycles. The minimum atomic E-state index is -0.147. The first-order valence-electron chi connectivity index (χ1n) is 8.61. The Morgan fingerprint density at radius 3 is 2.54 bits per heavy atom. The maximum atomic E-state index is 12.4. The molecule has 2 rings (SSSR count). The van der Waals surface area contributed by atoms with Crippen LogP contribution in [0.4, 0.5) is 0 Å². The lowest BCUT2D eigenvalue weighted by Crippen LogP contribution is -2.41. The van der Waals surface area contributed by atoms with Crippen LogP contribution in [0.3, 0.4) is 0 Å². The largest absolute Gasteiger partial charge is 0.355 e. The number of hydrogen-bond donors (Lipinski definition) is 1. The van der Waals surface area contributed by atoms with E-state index in [-0.39, 0.29) is 24.1 Å². The molecule has 1 heterocycles. The van der Waals surface area contributed by atoms with Crippen LogP contribution in [0.25, 0.3) is 11.3 Å². The summed E-state index contributed by atoms with van der Waals surface area (Å²) in [6, 6.07) is 11.8. The van der Waals surface area contributed by atoms with E-state index in [1.165, 1.54) is 16.7 Å². The second kappa shape index (κ2) is 9.91. The first-order valence-corrected chi connectivity index (χ1v) is 9.60. The summed E-state index contributed by atoms with van der Waals surface area (Å²) in [6.45, 7) is 6.74. The SMILES string of the molecule is CCNC(=O)CN(CC)C(=O)CSc1nc(C)cc(-c2ccccc2)n1. The molecule has 0 radical (unpaired) electrons. The van der Waals surface area contributed by atoms with Crippen molar-refractivity contribution in [2.75, 3.05) is 25.4 Å². The standard InChI is InChI=1S/C19H24N4O2S/c1-4-20-17(24)12-23(5-2)18(25)13-26-19-21-14(3)11-16(22-19)15-9-7-6-8-10-15/h6-11H,4-5,12-13H2,1-3H3,(H,20,24). The number of aromatic nitrogens is 2. The van der Waals surface area contributed by atoms with Crippen molar-refractivity contribution >= 4 is 23.6 Å². The van der Waals surface area contributed by atoms with Crippen LogP contribution in [0.1, 0.15) is 19.5 Å². The number of carbonyl (C=O) groups excluding carboxylic acids is 2. The second-order valence-electron chi connectivity index (χ2n) is 5.69. The highest BCUT2D eigenvalue weighted by Crippen LogP contribution is 2.21. The van der Waals surface area contributed by atoms with Gasteiger partial charge < -0.3 is 10.2 Å². The monoisotopic (exact) mass is 372 g/mol. The van der Waals surface area contributed by atoms with Gasteiger partial charge >= 0.3 is 0 Å². The van der Waals surface area contributed by atoms with Crippen molar-refractivity contribution in [1.82, 2.24) is 20.2 Å². The zero-order valence-corrected chi connectivity index (χ0v) is 16.2. The molecule has 0 fully saturated rings. The maximum Gasteiger partial charge on any atom is 0.239 e. The molecule has 0 aliphatic rings. The molecule has 2 amide bonds. The Labute approximate surface area is 158 Å². The molecule has 0 saturated heterocycles. The lowest BCUT2D eigenvalue weighted by Gasteiger charge is -2.19. The second-order valence-corrected chi connectivity index (χ2v) is 6.64. The predicted octanol–water partition coefficient (Wildman–Crippen LogP) is 2.53. The molecule has 0 aliphatic carbocycles. The van der Waals surface area contributed by atoms with E-state index in [4.69, 9.17) is 0 Å². The maximum absolute atomic E-state index is 12.4. The molecule has 0 atom stereocenters. The number of nitrogens with one attached hydrogen (secondary N) is 1. The number of thioether (sulfide) groups is 1. The van der Waals surface area contributed by atoms with Crippen LogP contribution in [0.2, 0.25) is 0 Å². The average Bonchev–Trinajstić information content (AvgIpc) is 2.64. The molecular formula is C19H24N4O2S. The Morgan fingerprint density at radius 2 is 1.88 bits per heavy atom. The zero-order valence-electron chi connectivity index (χ0n) is 15.4. The van der Waals surface area contributed by atoms with Crippen molar-refractivity contribution in [2.45, 2.75) is 25.9 Å². The minimum absolute atomic E-state index is 0.0771. The number of benzene rings is 1. The van der Waals surface area contributed by atoms with Crippen molar-refractivity contribution in [3.63, 3.8) is 0 Å². The van der Waals surface area contributed by atoms with Crippen molar-refractivity contribution < 1.29 is 9.59 Å². The zero-order chi connectivity index (χ0) is 18.9. The Kier molecular flexibility index (Phi) is 7.59. The highest BCUT2D eigenvalue weighted by Gasteiger charge is 2.16. The van der Waals surface area contributed by atoms with Gasteiger partial charge in [0.2, 0.25) is 11.8 Å². The fourth-order valence-corrected chi connectivity index (χ4v) is 3.19. The third-order valence-corrected chi connectivity index (χ3v) is 4.50. The number of rotatable bonds is 8. The van der Waals surface area contributed by atoms with Crippen LogP contribution < -0.4 is 5.32 Å². The van der Waals surface area contributed by atoms with Gasteiger partial charge in [-0.25, -0.2) is 9.97 Å². The van der Waals surface area contributed by atoms with E-state index in [0.29, 0.717) is 18.2 Å². The first kappa shape index (κ1) is 19.9. The van der Waals surface area contributed by atoms with Gasteiger partial charge in [0.1, 0.15) is 0 Å². The summed E-state index contributed by atoms with van der Waals surface area (Å²) in [4.78, 5) is 34.6. The van der Waals surface area contributed by atoms with Gasteiger partial charge in [-0.1, -0.05) is 42.1 Å². The van der Waals surface area contributed by atoms with E-state index < -0.39 is 0 Å². The number of nitrogens with zero attached hydrogens (tertiary/aromatic N) is 3. The number of amides is 2. The van der Waals surface area contributed by atoms with Gasteiger partial charge in [-0.3, -0.25) is 9.59 Å². The quantitative estimate of drug-likeness (QED) is 0.569. The average molecular weight is 372 g/mol. The molecule has 0 aliphatic heterocycles. The summed E-state index contributed by atoms with van der Waals surface area (Å²) in [5.74, 6) is -0.0498. The third-order valence-electron chi connectivity index (χ3n) is 3.67. The Balaban J connectivity index is 2.03. The van der Waals surface area contributed by atoms with Gasteiger partial charge in [0.15, 0.2) is 5.16 Å². The number of aryl methyl sites for hydroxylation is 1. The minimum Gasteiger partial charge on any atom is -0.355 e. The highest BCUT2D eigenvalue weighted by molar-refractivity contribution is 7.99. The molecule has 0 bridgehead atoms. The summed E-state index contributed by atoms with van der Waals surface area (Å²) >= 11 is 1.29. The fourth-order valence-electron chi connectivity index (χ4n) is 2.38. The van der Waals surface area contributed by atoms with Crippen LogP contribution in [0.15, 0.2) is 41.6 Å². The van der Waals surface area contributed by atoms with Crippen LogP contribution in [-0.4, -0.2) is 52.1 Å². The summed E-state index contributed by atoms with van der Waals surface area (Å²) < 4.78 is 0. The Bertz CT molecular complexity index is 752. The van der Waals surface area contributed by atoms with Gasteiger partial charge in [0.05, 0.1) is 18.0 Å². The van der Waals surface area contributed by atoms with Gasteiger partial charge in [0, 0.05) is 24.3 Å². The van der Waals surface area contributed by atoms with E-state index in [1.54, 1.807) is 0 Å².